The molecule has 0 aromatic heterocycles. The van der Waals surface area contributed by atoms with Gasteiger partial charge in [-0.1, -0.05) is 50.6 Å². The van der Waals surface area contributed by atoms with E-state index in [2.05, 4.69) is 63.6 Å². The molecule has 2 N–H and O–H groups in total. The van der Waals surface area contributed by atoms with Crippen LogP contribution in [-0.4, -0.2) is 26.3 Å². The maximum Gasteiger partial charge on any atom is 0.231 e. The zero-order valence-electron chi connectivity index (χ0n) is 18.4. The molecule has 5 rings (SSSR count). The Labute approximate surface area is 205 Å². The van der Waals surface area contributed by atoms with Gasteiger partial charge in [0, 0.05) is 21.8 Å². The molecule has 0 aliphatic carbocycles. The van der Waals surface area contributed by atoms with Gasteiger partial charge in [-0.3, -0.25) is 0 Å². The predicted molar refractivity (Wildman–Crippen MR) is 132 cm³/mol. The molecule has 0 fully saturated rings. The van der Waals surface area contributed by atoms with Crippen molar-refractivity contribution in [1.29, 1.82) is 0 Å². The first-order valence-electron chi connectivity index (χ1n) is 10.8. The van der Waals surface area contributed by atoms with Crippen LogP contribution in [0.1, 0.15) is 31.7 Å². The fourth-order valence-electron chi connectivity index (χ4n) is 4.00. The molecule has 0 saturated carbocycles. The molecule has 0 saturated heterocycles. The summed E-state index contributed by atoms with van der Waals surface area (Å²) in [5, 5.41) is 0.609. The first-order valence-corrected chi connectivity index (χ1v) is 12.4. The Morgan fingerprint density at radius 3 is 2.67 bits per heavy atom. The van der Waals surface area contributed by atoms with E-state index >= 15 is 0 Å². The van der Waals surface area contributed by atoms with Gasteiger partial charge in [0.25, 0.3) is 0 Å². The van der Waals surface area contributed by atoms with Gasteiger partial charge < -0.3 is 19.8 Å². The molecular weight excluding hydrogens is 502 g/mol. The molecule has 0 bridgehead atoms. The number of hydrogen-bond acceptors (Lipinski definition) is 7. The lowest BCUT2D eigenvalue weighted by Crippen LogP contribution is -2.19. The predicted octanol–water partition coefficient (Wildman–Crippen LogP) is 5.83. The number of halogens is 1. The van der Waals surface area contributed by atoms with Gasteiger partial charge in [-0.15, -0.1) is 0 Å². The number of ether oxygens (including phenoxy) is 2. The standard InChI is InChI=1S/C24H24BrN5O2S/c1-3-14(2)16(15-7-5-4-6-8-15)11-30-12-27-22(26)21-23(30)29-24(28-21)33-20-10-19-18(9-17(20)25)31-13-32-19/h4-10,12,14,16H,3,11,13,26H2,1-2H3. The lowest BCUT2D eigenvalue weighted by Gasteiger charge is -2.25. The van der Waals surface area contributed by atoms with Crippen molar-refractivity contribution in [3.05, 3.63) is 58.8 Å². The molecule has 2 aromatic carbocycles. The Kier molecular flexibility index (Phi) is 6.16. The van der Waals surface area contributed by atoms with Crippen LogP contribution in [0.2, 0.25) is 0 Å². The van der Waals surface area contributed by atoms with Crippen LogP contribution in [0, 0.1) is 5.92 Å². The Morgan fingerprint density at radius 2 is 1.91 bits per heavy atom. The van der Waals surface area contributed by atoms with Gasteiger partial charge in [-0.05, 0) is 51.3 Å². The van der Waals surface area contributed by atoms with Crippen LogP contribution in [0.15, 0.2) is 63.3 Å². The quantitative estimate of drug-likeness (QED) is 0.324. The van der Waals surface area contributed by atoms with E-state index in [-0.39, 0.29) is 6.79 Å². The number of aromatic nitrogens is 4. The number of rotatable bonds is 7. The van der Waals surface area contributed by atoms with E-state index in [9.17, 15) is 0 Å². The summed E-state index contributed by atoms with van der Waals surface area (Å²) in [6.07, 6.45) is 2.85. The van der Waals surface area contributed by atoms with Crippen LogP contribution in [0.25, 0.3) is 11.5 Å². The van der Waals surface area contributed by atoms with E-state index in [1.54, 1.807) is 6.33 Å². The van der Waals surface area contributed by atoms with Crippen molar-refractivity contribution < 1.29 is 9.47 Å². The molecule has 0 amide bonds. The van der Waals surface area contributed by atoms with E-state index < -0.39 is 0 Å². The van der Waals surface area contributed by atoms with Crippen molar-refractivity contribution in [3.8, 4) is 23.0 Å². The topological polar surface area (TPSA) is 88.1 Å². The summed E-state index contributed by atoms with van der Waals surface area (Å²) in [6, 6.07) is 14.4. The number of nitrogens with zero attached hydrogens (tertiary/aromatic N) is 4. The summed E-state index contributed by atoms with van der Waals surface area (Å²) < 4.78 is 13.9. The molecule has 2 aromatic rings. The normalized spacial score (nSPS) is 14.5. The first-order chi connectivity index (χ1) is 16.0. The first kappa shape index (κ1) is 22.0. The molecule has 0 spiro atoms. The molecule has 2 unspecified atom stereocenters. The number of hydrogen-bond donors (Lipinski definition) is 1. The largest absolute Gasteiger partial charge is 0.454 e. The van der Waals surface area contributed by atoms with Crippen molar-refractivity contribution in [1.82, 2.24) is 19.5 Å². The van der Waals surface area contributed by atoms with Crippen LogP contribution in [0.5, 0.6) is 11.5 Å². The molecule has 2 atom stereocenters. The van der Waals surface area contributed by atoms with Gasteiger partial charge in [0.15, 0.2) is 34.0 Å². The number of fused-ring (bicyclic) bond motifs is 2. The highest BCUT2D eigenvalue weighted by Gasteiger charge is 2.25. The fraction of sp³-hybridized carbons (Fsp3) is 0.292. The Balaban J connectivity index is 1.48. The third-order valence-electron chi connectivity index (χ3n) is 6.05. The lowest BCUT2D eigenvalue weighted by molar-refractivity contribution is 0.174. The van der Waals surface area contributed by atoms with E-state index in [0.717, 1.165) is 33.9 Å². The minimum absolute atomic E-state index is 0.230. The monoisotopic (exact) mass is 525 g/mol. The zero-order valence-corrected chi connectivity index (χ0v) is 20.8. The van der Waals surface area contributed by atoms with Crippen molar-refractivity contribution in [3.63, 3.8) is 0 Å². The highest BCUT2D eigenvalue weighted by Crippen LogP contribution is 2.43. The van der Waals surface area contributed by atoms with Gasteiger partial charge in [0.2, 0.25) is 6.79 Å². The lowest BCUT2D eigenvalue weighted by atomic mass is 9.85. The van der Waals surface area contributed by atoms with Crippen LogP contribution < -0.4 is 15.2 Å². The number of anilines is 1. The second-order valence-corrected chi connectivity index (χ2v) is 9.96. The van der Waals surface area contributed by atoms with Gasteiger partial charge in [-0.2, -0.15) is 0 Å². The van der Waals surface area contributed by atoms with Crippen molar-refractivity contribution in [2.45, 2.75) is 42.8 Å². The smallest absolute Gasteiger partial charge is 0.231 e. The van der Waals surface area contributed by atoms with Crippen molar-refractivity contribution in [2.24, 2.45) is 5.92 Å². The molecule has 3 aliphatic rings. The average molecular weight is 526 g/mol. The minimum Gasteiger partial charge on any atom is -0.454 e. The highest BCUT2D eigenvalue weighted by molar-refractivity contribution is 9.10. The van der Waals surface area contributed by atoms with Crippen LogP contribution in [0.3, 0.4) is 0 Å². The Hall–Kier alpha value is -2.78. The molecule has 170 valence electrons. The maximum atomic E-state index is 6.18. The fourth-order valence-corrected chi connectivity index (χ4v) is 5.35. The van der Waals surface area contributed by atoms with Gasteiger partial charge in [0.05, 0.1) is 6.33 Å². The average Bonchev–Trinajstić information content (AvgIpc) is 3.46. The maximum absolute atomic E-state index is 6.18. The summed E-state index contributed by atoms with van der Waals surface area (Å²) in [7, 11) is 0. The minimum atomic E-state index is 0.230. The van der Waals surface area contributed by atoms with Crippen LogP contribution >= 0.6 is 27.7 Å². The van der Waals surface area contributed by atoms with Crippen molar-refractivity contribution >= 4 is 33.5 Å². The third kappa shape index (κ3) is 4.39. The van der Waals surface area contributed by atoms with E-state index in [1.807, 2.05) is 18.2 Å². The van der Waals surface area contributed by atoms with Crippen molar-refractivity contribution in [2.75, 3.05) is 12.5 Å². The Bertz CT molecular complexity index is 1250. The van der Waals surface area contributed by atoms with E-state index in [0.29, 0.717) is 34.3 Å². The zero-order chi connectivity index (χ0) is 22.9. The highest BCUT2D eigenvalue weighted by atomic mass is 79.9. The summed E-state index contributed by atoms with van der Waals surface area (Å²) in [6.45, 7) is 5.49. The Morgan fingerprint density at radius 1 is 1.15 bits per heavy atom. The molecule has 33 heavy (non-hydrogen) atoms. The van der Waals surface area contributed by atoms with Crippen LogP contribution in [0.4, 0.5) is 5.82 Å². The SMILES string of the molecule is CCC(C)C(Cn1cnc(N)c2nc(Sc3cc4c(cc3Br)OCO4)nc1-2)c1ccccc1. The summed E-state index contributed by atoms with van der Waals surface area (Å²) in [5.74, 6) is 3.38. The molecular formula is C24H24BrN5O2S. The second-order valence-electron chi connectivity index (χ2n) is 8.10. The number of benzene rings is 2. The van der Waals surface area contributed by atoms with Gasteiger partial charge in [-0.25, -0.2) is 15.0 Å². The number of nitrogen functional groups attached to an aromatic ring is 1. The molecule has 0 radical (unpaired) electrons. The second kappa shape index (κ2) is 9.23. The van der Waals surface area contributed by atoms with Gasteiger partial charge in [0.1, 0.15) is 0 Å². The molecule has 3 heterocycles. The molecule has 7 nitrogen and oxygen atoms in total. The van der Waals surface area contributed by atoms with Crippen LogP contribution in [-0.2, 0) is 6.54 Å². The van der Waals surface area contributed by atoms with Gasteiger partial charge >= 0.3 is 0 Å². The number of nitrogens with two attached hydrogens (primary N) is 1. The summed E-state index contributed by atoms with van der Waals surface area (Å²) >= 11 is 5.06. The third-order valence-corrected chi connectivity index (χ3v) is 7.89. The van der Waals surface area contributed by atoms with E-state index in [4.69, 9.17) is 25.2 Å². The molecule has 3 aliphatic heterocycles. The summed E-state index contributed by atoms with van der Waals surface area (Å²) in [5.41, 5.74) is 8.11. The van der Waals surface area contributed by atoms with E-state index in [1.165, 1.54) is 17.3 Å². The molecule has 9 heteroatoms. The summed E-state index contributed by atoms with van der Waals surface area (Å²) in [4.78, 5) is 14.9. The number of imidazole rings is 1.